The van der Waals surface area contributed by atoms with Crippen molar-refractivity contribution in [2.24, 2.45) is 5.92 Å². The Bertz CT molecular complexity index is 603. The van der Waals surface area contributed by atoms with E-state index in [0.717, 1.165) is 5.75 Å². The van der Waals surface area contributed by atoms with Gasteiger partial charge in [0.25, 0.3) is 0 Å². The molecule has 0 aliphatic heterocycles. The van der Waals surface area contributed by atoms with E-state index in [9.17, 15) is 4.79 Å². The number of aryl methyl sites for hydroxylation is 1. The van der Waals surface area contributed by atoms with Crippen LogP contribution in [0, 0.1) is 12.8 Å². The Morgan fingerprint density at radius 1 is 1.10 bits per heavy atom. The number of amides is 1. The molecule has 0 bridgehead atoms. The number of anilines is 1. The highest BCUT2D eigenvalue weighted by atomic mass is 16.5. The molecular formula is C18H21NO2. The predicted octanol–water partition coefficient (Wildman–Crippen LogP) is 4.77. The van der Waals surface area contributed by atoms with Crippen LogP contribution in [0.4, 0.5) is 5.69 Å². The summed E-state index contributed by atoms with van der Waals surface area (Å²) in [6, 6.07) is 15.3. The van der Waals surface area contributed by atoms with Crippen molar-refractivity contribution in [2.45, 2.75) is 27.2 Å². The fourth-order valence-electron chi connectivity index (χ4n) is 1.96. The first-order chi connectivity index (χ1) is 10.0. The molecule has 2 rings (SSSR count). The molecule has 0 aromatic heterocycles. The van der Waals surface area contributed by atoms with E-state index in [1.807, 2.05) is 69.3 Å². The summed E-state index contributed by atoms with van der Waals surface area (Å²) in [4.78, 5) is 11.9. The second-order valence-electron chi connectivity index (χ2n) is 5.56. The Kier molecular flexibility index (Phi) is 4.99. The lowest BCUT2D eigenvalue weighted by atomic mass is 10.1. The van der Waals surface area contributed by atoms with E-state index in [4.69, 9.17) is 4.74 Å². The highest BCUT2D eigenvalue weighted by Crippen LogP contribution is 2.29. The fourth-order valence-corrected chi connectivity index (χ4v) is 1.96. The van der Waals surface area contributed by atoms with Crippen molar-refractivity contribution in [2.75, 3.05) is 5.32 Å². The van der Waals surface area contributed by atoms with Gasteiger partial charge in [-0.3, -0.25) is 4.79 Å². The normalized spacial score (nSPS) is 10.5. The summed E-state index contributed by atoms with van der Waals surface area (Å²) in [6.07, 6.45) is 0.499. The van der Waals surface area contributed by atoms with Crippen LogP contribution in [0.3, 0.4) is 0 Å². The SMILES string of the molecule is Cc1ccc(Oc2ccccc2NC(=O)CC(C)C)cc1. The van der Waals surface area contributed by atoms with Gasteiger partial charge in [0, 0.05) is 6.42 Å². The molecule has 0 atom stereocenters. The summed E-state index contributed by atoms with van der Waals surface area (Å²) >= 11 is 0. The highest BCUT2D eigenvalue weighted by Gasteiger charge is 2.09. The number of hydrogen-bond donors (Lipinski definition) is 1. The zero-order valence-corrected chi connectivity index (χ0v) is 12.7. The minimum absolute atomic E-state index is 0.00459. The van der Waals surface area contributed by atoms with Crippen molar-refractivity contribution in [3.05, 3.63) is 54.1 Å². The molecule has 2 aromatic carbocycles. The summed E-state index contributed by atoms with van der Waals surface area (Å²) in [5.74, 6) is 1.74. The second-order valence-corrected chi connectivity index (χ2v) is 5.56. The molecule has 1 amide bonds. The molecule has 3 nitrogen and oxygen atoms in total. The molecule has 21 heavy (non-hydrogen) atoms. The van der Waals surface area contributed by atoms with Gasteiger partial charge in [-0.2, -0.15) is 0 Å². The number of nitrogens with one attached hydrogen (secondary N) is 1. The Labute approximate surface area is 126 Å². The highest BCUT2D eigenvalue weighted by molar-refractivity contribution is 5.92. The molecule has 0 saturated heterocycles. The average molecular weight is 283 g/mol. The lowest BCUT2D eigenvalue weighted by Gasteiger charge is -2.13. The van der Waals surface area contributed by atoms with E-state index < -0.39 is 0 Å². The third-order valence-electron chi connectivity index (χ3n) is 3.00. The monoisotopic (exact) mass is 283 g/mol. The van der Waals surface area contributed by atoms with E-state index in [1.165, 1.54) is 5.56 Å². The molecule has 2 aromatic rings. The van der Waals surface area contributed by atoms with E-state index in [2.05, 4.69) is 5.32 Å². The smallest absolute Gasteiger partial charge is 0.224 e. The summed E-state index contributed by atoms with van der Waals surface area (Å²) in [5.41, 5.74) is 1.88. The fraction of sp³-hybridized carbons (Fsp3) is 0.278. The third-order valence-corrected chi connectivity index (χ3v) is 3.00. The Balaban J connectivity index is 2.13. The molecule has 0 radical (unpaired) electrons. The van der Waals surface area contributed by atoms with E-state index in [-0.39, 0.29) is 5.91 Å². The van der Waals surface area contributed by atoms with Gasteiger partial charge in [-0.05, 0) is 37.1 Å². The van der Waals surface area contributed by atoms with Crippen LogP contribution in [0.5, 0.6) is 11.5 Å². The van der Waals surface area contributed by atoms with Crippen LogP contribution in [0.15, 0.2) is 48.5 Å². The number of carbonyl (C=O) groups excluding carboxylic acids is 1. The van der Waals surface area contributed by atoms with Crippen molar-refractivity contribution in [1.29, 1.82) is 0 Å². The van der Waals surface area contributed by atoms with Crippen LogP contribution in [0.2, 0.25) is 0 Å². The van der Waals surface area contributed by atoms with Gasteiger partial charge in [-0.25, -0.2) is 0 Å². The minimum Gasteiger partial charge on any atom is -0.455 e. The molecule has 0 unspecified atom stereocenters. The van der Waals surface area contributed by atoms with Gasteiger partial charge in [0.2, 0.25) is 5.91 Å². The molecule has 0 fully saturated rings. The molecular weight excluding hydrogens is 262 g/mol. The van der Waals surface area contributed by atoms with Crippen LogP contribution < -0.4 is 10.1 Å². The molecule has 0 aliphatic rings. The van der Waals surface area contributed by atoms with Gasteiger partial charge in [-0.15, -0.1) is 0 Å². The molecule has 1 N–H and O–H groups in total. The topological polar surface area (TPSA) is 38.3 Å². The first kappa shape index (κ1) is 15.1. The molecule has 0 saturated carbocycles. The summed E-state index contributed by atoms with van der Waals surface area (Å²) in [6.45, 7) is 6.08. The standard InChI is InChI=1S/C18H21NO2/c1-13(2)12-18(20)19-16-6-4-5-7-17(16)21-15-10-8-14(3)9-11-15/h4-11,13H,12H2,1-3H3,(H,19,20). The lowest BCUT2D eigenvalue weighted by Crippen LogP contribution is -2.14. The van der Waals surface area contributed by atoms with Crippen LogP contribution in [0.25, 0.3) is 0 Å². The van der Waals surface area contributed by atoms with Crippen LogP contribution in [-0.4, -0.2) is 5.91 Å². The Morgan fingerprint density at radius 3 is 2.43 bits per heavy atom. The molecule has 0 aliphatic carbocycles. The molecule has 0 heterocycles. The van der Waals surface area contributed by atoms with Gasteiger partial charge >= 0.3 is 0 Å². The van der Waals surface area contributed by atoms with Crippen molar-refractivity contribution < 1.29 is 9.53 Å². The number of benzene rings is 2. The summed E-state index contributed by atoms with van der Waals surface area (Å²) in [7, 11) is 0. The maximum atomic E-state index is 11.9. The van der Waals surface area contributed by atoms with E-state index in [0.29, 0.717) is 23.8 Å². The number of carbonyl (C=O) groups is 1. The molecule has 3 heteroatoms. The van der Waals surface area contributed by atoms with Crippen LogP contribution in [0.1, 0.15) is 25.8 Å². The van der Waals surface area contributed by atoms with Crippen LogP contribution >= 0.6 is 0 Å². The van der Waals surface area contributed by atoms with Gasteiger partial charge in [0.1, 0.15) is 5.75 Å². The first-order valence-electron chi connectivity index (χ1n) is 7.18. The van der Waals surface area contributed by atoms with Crippen LogP contribution in [-0.2, 0) is 4.79 Å². The van der Waals surface area contributed by atoms with Crippen molar-refractivity contribution in [3.8, 4) is 11.5 Å². The van der Waals surface area contributed by atoms with Crippen molar-refractivity contribution >= 4 is 11.6 Å². The van der Waals surface area contributed by atoms with Crippen molar-refractivity contribution in [3.63, 3.8) is 0 Å². The van der Waals surface area contributed by atoms with Gasteiger partial charge < -0.3 is 10.1 Å². The maximum Gasteiger partial charge on any atom is 0.224 e. The number of hydrogen-bond acceptors (Lipinski definition) is 2. The quantitative estimate of drug-likeness (QED) is 0.858. The second kappa shape index (κ2) is 6.93. The zero-order chi connectivity index (χ0) is 15.2. The van der Waals surface area contributed by atoms with Gasteiger partial charge in [-0.1, -0.05) is 43.7 Å². The molecule has 0 spiro atoms. The lowest BCUT2D eigenvalue weighted by molar-refractivity contribution is -0.116. The molecule has 110 valence electrons. The van der Waals surface area contributed by atoms with E-state index >= 15 is 0 Å². The maximum absolute atomic E-state index is 11.9. The van der Waals surface area contributed by atoms with E-state index in [1.54, 1.807) is 0 Å². The summed E-state index contributed by atoms with van der Waals surface area (Å²) in [5, 5.41) is 2.91. The Morgan fingerprint density at radius 2 is 1.76 bits per heavy atom. The number of para-hydroxylation sites is 2. The summed E-state index contributed by atoms with van der Waals surface area (Å²) < 4.78 is 5.86. The largest absolute Gasteiger partial charge is 0.455 e. The Hall–Kier alpha value is -2.29. The predicted molar refractivity (Wildman–Crippen MR) is 85.8 cm³/mol. The minimum atomic E-state index is 0.00459. The van der Waals surface area contributed by atoms with Gasteiger partial charge in [0.05, 0.1) is 5.69 Å². The first-order valence-corrected chi connectivity index (χ1v) is 7.18. The zero-order valence-electron chi connectivity index (χ0n) is 12.7. The average Bonchev–Trinajstić information content (AvgIpc) is 2.42. The number of rotatable bonds is 5. The van der Waals surface area contributed by atoms with Gasteiger partial charge in [0.15, 0.2) is 5.75 Å². The third kappa shape index (κ3) is 4.63. The van der Waals surface area contributed by atoms with Crippen molar-refractivity contribution in [1.82, 2.24) is 0 Å². The number of ether oxygens (including phenoxy) is 1.